The summed E-state index contributed by atoms with van der Waals surface area (Å²) >= 11 is 1.57. The summed E-state index contributed by atoms with van der Waals surface area (Å²) < 4.78 is 37.0. The molecular weight excluding hydrogens is 277 g/mol. The summed E-state index contributed by atoms with van der Waals surface area (Å²) in [6, 6.07) is 1.96. The van der Waals surface area contributed by atoms with Crippen molar-refractivity contribution in [1.29, 1.82) is 0 Å². The molecule has 1 aromatic rings. The van der Waals surface area contributed by atoms with Crippen LogP contribution in [0.3, 0.4) is 0 Å². The van der Waals surface area contributed by atoms with Gasteiger partial charge in [0.15, 0.2) is 0 Å². The van der Waals surface area contributed by atoms with Gasteiger partial charge in [0.1, 0.15) is 0 Å². The Bertz CT molecular complexity index is 476. The highest BCUT2D eigenvalue weighted by Gasteiger charge is 2.45. The number of carbonyl (C=O) groups excluding carboxylic acids is 1. The lowest BCUT2D eigenvalue weighted by Crippen LogP contribution is -2.52. The fourth-order valence-corrected chi connectivity index (χ4v) is 3.09. The van der Waals surface area contributed by atoms with Crippen molar-refractivity contribution >= 4 is 17.2 Å². The monoisotopic (exact) mass is 292 g/mol. The fourth-order valence-electron chi connectivity index (χ4n) is 2.28. The second-order valence-corrected chi connectivity index (χ2v) is 6.01. The topological polar surface area (TPSA) is 46.3 Å². The van der Waals surface area contributed by atoms with Crippen molar-refractivity contribution in [3.05, 3.63) is 21.9 Å². The van der Waals surface area contributed by atoms with Crippen LogP contribution in [0.15, 0.2) is 11.4 Å². The summed E-state index contributed by atoms with van der Waals surface area (Å²) in [6.07, 6.45) is -4.09. The SMILES string of the molecule is Cc1cc(C2(N)CCN(C(=O)C(F)(F)F)CC2)cs1. The molecule has 1 fully saturated rings. The average molecular weight is 292 g/mol. The van der Waals surface area contributed by atoms with Gasteiger partial charge in [-0.3, -0.25) is 4.79 Å². The number of hydrogen-bond acceptors (Lipinski definition) is 3. The van der Waals surface area contributed by atoms with Crippen LogP contribution in [0, 0.1) is 6.92 Å². The Morgan fingerprint density at radius 3 is 2.42 bits per heavy atom. The van der Waals surface area contributed by atoms with Gasteiger partial charge in [0.05, 0.1) is 0 Å². The van der Waals surface area contributed by atoms with Gasteiger partial charge in [-0.2, -0.15) is 13.2 Å². The highest BCUT2D eigenvalue weighted by molar-refractivity contribution is 7.10. The molecule has 1 aliphatic rings. The summed E-state index contributed by atoms with van der Waals surface area (Å²) in [7, 11) is 0. The van der Waals surface area contributed by atoms with Gasteiger partial charge in [-0.25, -0.2) is 0 Å². The van der Waals surface area contributed by atoms with Gasteiger partial charge in [0.25, 0.3) is 0 Å². The Morgan fingerprint density at radius 2 is 2.00 bits per heavy atom. The number of thiophene rings is 1. The zero-order valence-corrected chi connectivity index (χ0v) is 11.3. The molecule has 1 amide bonds. The normalized spacial score (nSPS) is 19.5. The third-order valence-electron chi connectivity index (χ3n) is 3.49. The molecular formula is C12H15F3N2OS. The predicted octanol–water partition coefficient (Wildman–Crippen LogP) is 2.40. The van der Waals surface area contributed by atoms with E-state index in [-0.39, 0.29) is 13.1 Å². The van der Waals surface area contributed by atoms with Crippen LogP contribution in [0.2, 0.25) is 0 Å². The third-order valence-corrected chi connectivity index (χ3v) is 4.35. The minimum atomic E-state index is -4.80. The van der Waals surface area contributed by atoms with E-state index < -0.39 is 17.6 Å². The van der Waals surface area contributed by atoms with Crippen LogP contribution in [0.1, 0.15) is 23.3 Å². The van der Waals surface area contributed by atoms with E-state index in [1.807, 2.05) is 18.4 Å². The van der Waals surface area contributed by atoms with Crippen LogP contribution in [0.25, 0.3) is 0 Å². The molecule has 1 aromatic heterocycles. The molecule has 2 heterocycles. The largest absolute Gasteiger partial charge is 0.471 e. The molecule has 2 N–H and O–H groups in total. The Hall–Kier alpha value is -1.08. The highest BCUT2D eigenvalue weighted by Crippen LogP contribution is 2.34. The number of piperidine rings is 1. The lowest BCUT2D eigenvalue weighted by molar-refractivity contribution is -0.186. The Balaban J connectivity index is 2.05. The molecule has 0 spiro atoms. The fraction of sp³-hybridized carbons (Fsp3) is 0.583. The first-order valence-corrected chi connectivity index (χ1v) is 6.81. The van der Waals surface area contributed by atoms with Gasteiger partial charge in [0.2, 0.25) is 0 Å². The Morgan fingerprint density at radius 1 is 1.42 bits per heavy atom. The van der Waals surface area contributed by atoms with Crippen LogP contribution in [0.4, 0.5) is 13.2 Å². The average Bonchev–Trinajstić information content (AvgIpc) is 2.76. The summed E-state index contributed by atoms with van der Waals surface area (Å²) in [4.78, 5) is 13.1. The van der Waals surface area contributed by atoms with E-state index in [4.69, 9.17) is 5.73 Å². The Labute approximate surface area is 113 Å². The summed E-state index contributed by atoms with van der Waals surface area (Å²) in [5.41, 5.74) is 6.59. The number of amides is 1. The number of likely N-dealkylation sites (tertiary alicyclic amines) is 1. The second kappa shape index (κ2) is 4.79. The van der Waals surface area contributed by atoms with E-state index in [1.54, 1.807) is 11.3 Å². The molecule has 106 valence electrons. The molecule has 0 aliphatic carbocycles. The van der Waals surface area contributed by atoms with E-state index in [9.17, 15) is 18.0 Å². The van der Waals surface area contributed by atoms with Gasteiger partial charge < -0.3 is 10.6 Å². The van der Waals surface area contributed by atoms with E-state index in [1.165, 1.54) is 0 Å². The predicted molar refractivity (Wildman–Crippen MR) is 66.8 cm³/mol. The summed E-state index contributed by atoms with van der Waals surface area (Å²) in [5.74, 6) is -1.77. The van der Waals surface area contributed by atoms with Crippen LogP contribution >= 0.6 is 11.3 Å². The first-order valence-electron chi connectivity index (χ1n) is 5.93. The van der Waals surface area contributed by atoms with Crippen LogP contribution < -0.4 is 5.73 Å². The molecule has 1 saturated heterocycles. The molecule has 19 heavy (non-hydrogen) atoms. The van der Waals surface area contributed by atoms with Crippen molar-refractivity contribution in [1.82, 2.24) is 4.90 Å². The number of carbonyl (C=O) groups is 1. The first kappa shape index (κ1) is 14.3. The zero-order valence-electron chi connectivity index (χ0n) is 10.5. The molecule has 3 nitrogen and oxygen atoms in total. The maximum atomic E-state index is 12.3. The highest BCUT2D eigenvalue weighted by atomic mass is 32.1. The second-order valence-electron chi connectivity index (χ2n) is 4.89. The van der Waals surface area contributed by atoms with Crippen LogP contribution in [-0.2, 0) is 10.3 Å². The molecule has 7 heteroatoms. The van der Waals surface area contributed by atoms with E-state index in [0.717, 1.165) is 15.3 Å². The minimum absolute atomic E-state index is 0.0454. The first-order chi connectivity index (χ1) is 8.72. The molecule has 0 atom stereocenters. The van der Waals surface area contributed by atoms with E-state index >= 15 is 0 Å². The maximum Gasteiger partial charge on any atom is 0.471 e. The van der Waals surface area contributed by atoms with Crippen molar-refractivity contribution in [3.8, 4) is 0 Å². The molecule has 0 bridgehead atoms. The van der Waals surface area contributed by atoms with Crippen molar-refractivity contribution in [3.63, 3.8) is 0 Å². The molecule has 0 unspecified atom stereocenters. The lowest BCUT2D eigenvalue weighted by atomic mass is 9.83. The van der Waals surface area contributed by atoms with E-state index in [0.29, 0.717) is 12.8 Å². The zero-order chi connectivity index (χ0) is 14.3. The minimum Gasteiger partial charge on any atom is -0.335 e. The van der Waals surface area contributed by atoms with E-state index in [2.05, 4.69) is 0 Å². The number of hydrogen-bond donors (Lipinski definition) is 1. The third kappa shape index (κ3) is 2.92. The molecule has 2 rings (SSSR count). The van der Waals surface area contributed by atoms with Gasteiger partial charge >= 0.3 is 12.1 Å². The number of alkyl halides is 3. The van der Waals surface area contributed by atoms with Gasteiger partial charge in [-0.15, -0.1) is 11.3 Å². The van der Waals surface area contributed by atoms with Crippen molar-refractivity contribution in [2.45, 2.75) is 31.5 Å². The Kier molecular flexibility index (Phi) is 3.61. The van der Waals surface area contributed by atoms with Crippen LogP contribution in [0.5, 0.6) is 0 Å². The van der Waals surface area contributed by atoms with Crippen molar-refractivity contribution in [2.75, 3.05) is 13.1 Å². The van der Waals surface area contributed by atoms with Crippen LogP contribution in [-0.4, -0.2) is 30.1 Å². The molecule has 0 aromatic carbocycles. The number of halogens is 3. The van der Waals surface area contributed by atoms with Gasteiger partial charge in [-0.1, -0.05) is 0 Å². The summed E-state index contributed by atoms with van der Waals surface area (Å²) in [6.45, 7) is 2.05. The number of nitrogens with two attached hydrogens (primary N) is 1. The summed E-state index contributed by atoms with van der Waals surface area (Å²) in [5, 5.41) is 1.94. The quantitative estimate of drug-likeness (QED) is 0.864. The number of rotatable bonds is 1. The molecule has 0 radical (unpaired) electrons. The molecule has 1 aliphatic heterocycles. The molecule has 0 saturated carbocycles. The number of aryl methyl sites for hydroxylation is 1. The smallest absolute Gasteiger partial charge is 0.335 e. The van der Waals surface area contributed by atoms with Crippen molar-refractivity contribution in [2.24, 2.45) is 5.73 Å². The van der Waals surface area contributed by atoms with Gasteiger partial charge in [0, 0.05) is 23.5 Å². The standard InChI is InChI=1S/C12H15F3N2OS/c1-8-6-9(7-19-8)11(16)2-4-17(5-3-11)10(18)12(13,14)15/h6-7H,2-5,16H2,1H3. The van der Waals surface area contributed by atoms with Crippen molar-refractivity contribution < 1.29 is 18.0 Å². The maximum absolute atomic E-state index is 12.3. The van der Waals surface area contributed by atoms with Gasteiger partial charge in [-0.05, 0) is 36.8 Å². The lowest BCUT2D eigenvalue weighted by Gasteiger charge is -2.39. The number of nitrogens with zero attached hydrogens (tertiary/aromatic N) is 1.